The lowest BCUT2D eigenvalue weighted by Gasteiger charge is -2.04. The van der Waals surface area contributed by atoms with Gasteiger partial charge in [-0.25, -0.2) is 24.4 Å². The number of benzene rings is 3. The molecule has 0 radical (unpaired) electrons. The van der Waals surface area contributed by atoms with E-state index in [1.807, 2.05) is 103 Å². The Kier molecular flexibility index (Phi) is 21.2. The lowest BCUT2D eigenvalue weighted by Crippen LogP contribution is -2.24. The second-order valence-electron chi connectivity index (χ2n) is 10.8. The second kappa shape index (κ2) is 27.1. The quantitative estimate of drug-likeness (QED) is 0.0775. The molecule has 0 spiro atoms. The highest BCUT2D eigenvalue weighted by atomic mass is 79.9. The van der Waals surface area contributed by atoms with Crippen molar-refractivity contribution in [2.75, 3.05) is 19.6 Å². The van der Waals surface area contributed by atoms with Gasteiger partial charge in [0.2, 0.25) is 0 Å². The molecular formula is C43H37Br2N5O6. The zero-order chi connectivity index (χ0) is 40.1. The van der Waals surface area contributed by atoms with Gasteiger partial charge in [-0.2, -0.15) is 0 Å². The summed E-state index contributed by atoms with van der Waals surface area (Å²) < 4.78 is 17.0. The summed E-state index contributed by atoms with van der Waals surface area (Å²) in [6.07, 6.45) is 6.74. The molecule has 13 heteroatoms. The van der Waals surface area contributed by atoms with Gasteiger partial charge in [-0.15, -0.1) is 6.42 Å². The van der Waals surface area contributed by atoms with Crippen LogP contribution in [0.25, 0.3) is 0 Å². The van der Waals surface area contributed by atoms with Crippen LogP contribution in [-0.4, -0.2) is 47.9 Å². The maximum absolute atomic E-state index is 11.7. The van der Waals surface area contributed by atoms with Crippen LogP contribution < -0.4 is 16.0 Å². The third kappa shape index (κ3) is 20.6. The number of carbonyl (C=O) groups is 3. The number of pyridine rings is 2. The average Bonchev–Trinajstić information content (AvgIpc) is 3.24. The van der Waals surface area contributed by atoms with E-state index >= 15 is 0 Å². The van der Waals surface area contributed by atoms with E-state index in [2.05, 4.69) is 87.4 Å². The van der Waals surface area contributed by atoms with Gasteiger partial charge in [-0.05, 0) is 78.7 Å². The Morgan fingerprint density at radius 1 is 0.554 bits per heavy atom. The number of aromatic nitrogens is 2. The van der Waals surface area contributed by atoms with Crippen LogP contribution in [0.4, 0.5) is 14.4 Å². The molecule has 2 aromatic heterocycles. The molecule has 0 saturated carbocycles. The number of halogens is 2. The van der Waals surface area contributed by atoms with E-state index < -0.39 is 18.3 Å². The van der Waals surface area contributed by atoms with Gasteiger partial charge in [0.25, 0.3) is 0 Å². The highest BCUT2D eigenvalue weighted by Crippen LogP contribution is 2.10. The summed E-state index contributed by atoms with van der Waals surface area (Å²) in [5.41, 5.74) is 4.01. The normalized spacial score (nSPS) is 9.23. The summed E-state index contributed by atoms with van der Waals surface area (Å²) in [6, 6.07) is 35.6. The maximum atomic E-state index is 11.7. The first-order valence-electron chi connectivity index (χ1n) is 16.8. The lowest BCUT2D eigenvalue weighted by atomic mass is 10.2. The summed E-state index contributed by atoms with van der Waals surface area (Å²) in [5, 5.41) is 7.55. The Morgan fingerprint density at radius 3 is 1.41 bits per heavy atom. The molecule has 0 bridgehead atoms. The molecule has 0 fully saturated rings. The molecule has 56 heavy (non-hydrogen) atoms. The monoisotopic (exact) mass is 877 g/mol. The number of alkyl carbamates (subject to hydrolysis) is 3. The fraction of sp³-hybridized carbons (Fsp3) is 0.140. The van der Waals surface area contributed by atoms with Crippen LogP contribution in [0.1, 0.15) is 27.9 Å². The summed E-state index contributed by atoms with van der Waals surface area (Å²) in [7, 11) is 0. The molecule has 3 aromatic carbocycles. The lowest BCUT2D eigenvalue weighted by molar-refractivity contribution is 0.140. The smallest absolute Gasteiger partial charge is 0.408 e. The molecule has 3 amide bonds. The molecule has 2 heterocycles. The van der Waals surface area contributed by atoms with Gasteiger partial charge in [0, 0.05) is 22.4 Å². The topological polar surface area (TPSA) is 141 Å². The minimum atomic E-state index is -0.533. The largest absolute Gasteiger partial charge is 0.445 e. The van der Waals surface area contributed by atoms with Crippen LogP contribution in [0, 0.1) is 36.0 Å². The molecule has 0 atom stereocenters. The van der Waals surface area contributed by atoms with Crippen molar-refractivity contribution >= 4 is 50.1 Å². The maximum Gasteiger partial charge on any atom is 0.408 e. The number of rotatable bonds is 9. The summed E-state index contributed by atoms with van der Waals surface area (Å²) in [5.74, 6) is 13.7. The average molecular weight is 880 g/mol. The minimum Gasteiger partial charge on any atom is -0.445 e. The Balaban J connectivity index is 0.000000310. The molecule has 0 aliphatic carbocycles. The van der Waals surface area contributed by atoms with E-state index in [4.69, 9.17) is 20.6 Å². The number of hydrogen-bond donors (Lipinski definition) is 3. The molecule has 5 rings (SSSR count). The van der Waals surface area contributed by atoms with Crippen LogP contribution in [0.15, 0.2) is 137 Å². The summed E-state index contributed by atoms with van der Waals surface area (Å²) in [6.45, 7) is 1.15. The van der Waals surface area contributed by atoms with Crippen molar-refractivity contribution in [1.29, 1.82) is 0 Å². The SMILES string of the molecule is Brc1ccc(Br)nc1.C#CCNC(=O)OCc1ccccc1.O=C(NCC#Cc1ccc(C#CCNC(=O)OCc2ccccc2)nc1)OCc1ccccc1. The van der Waals surface area contributed by atoms with Gasteiger partial charge >= 0.3 is 18.3 Å². The highest BCUT2D eigenvalue weighted by molar-refractivity contribution is 9.11. The van der Waals surface area contributed by atoms with E-state index in [0.717, 1.165) is 25.8 Å². The number of nitrogens with one attached hydrogen (secondary N) is 3. The van der Waals surface area contributed by atoms with Gasteiger partial charge in [-0.1, -0.05) is 115 Å². The standard InChI is InChI=1S/C27H23N3O4.C11H11NO2.C5H3Br2N/c31-26(33-20-23-9-3-1-4-10-23)28-17-7-13-22-15-16-25(30-19-22)14-8-18-29-27(32)34-21-24-11-5-2-6-12-24;1-2-8-12-11(13)14-9-10-6-4-3-5-7-10;6-4-1-2-5(7)8-3-4/h1-6,9-12,15-16,19H,17-18,20-21H2,(H,28,31)(H,29,32);1,3-7H,8-9H2,(H,12,13);1-3H. The molecular weight excluding hydrogens is 842 g/mol. The summed E-state index contributed by atoms with van der Waals surface area (Å²) in [4.78, 5) is 42.5. The van der Waals surface area contributed by atoms with Gasteiger partial charge in [-0.3, -0.25) is 0 Å². The molecule has 0 unspecified atom stereocenters. The third-order valence-corrected chi connectivity index (χ3v) is 7.46. The van der Waals surface area contributed by atoms with Gasteiger partial charge in [0.1, 0.15) is 30.1 Å². The minimum absolute atomic E-state index is 0.142. The Morgan fingerprint density at radius 2 is 1.02 bits per heavy atom. The van der Waals surface area contributed by atoms with Gasteiger partial charge < -0.3 is 30.2 Å². The number of amides is 3. The Hall–Kier alpha value is -6.59. The first-order valence-corrected chi connectivity index (χ1v) is 18.4. The Bertz CT molecular complexity index is 1980. The van der Waals surface area contributed by atoms with Crippen LogP contribution >= 0.6 is 31.9 Å². The van der Waals surface area contributed by atoms with Crippen molar-refractivity contribution in [3.05, 3.63) is 165 Å². The van der Waals surface area contributed by atoms with Gasteiger partial charge in [0.05, 0.1) is 19.6 Å². The molecule has 3 N–H and O–H groups in total. The van der Waals surface area contributed by atoms with Crippen LogP contribution in [0.2, 0.25) is 0 Å². The molecule has 0 saturated heterocycles. The number of ether oxygens (including phenoxy) is 3. The van der Waals surface area contributed by atoms with Crippen LogP contribution in [-0.2, 0) is 34.0 Å². The molecule has 284 valence electrons. The zero-order valence-electron chi connectivity index (χ0n) is 30.0. The number of hydrogen-bond acceptors (Lipinski definition) is 8. The highest BCUT2D eigenvalue weighted by Gasteiger charge is 2.02. The molecule has 11 nitrogen and oxygen atoms in total. The number of nitrogens with zero attached hydrogens (tertiary/aromatic N) is 2. The third-order valence-electron chi connectivity index (χ3n) is 6.52. The predicted molar refractivity (Wildman–Crippen MR) is 220 cm³/mol. The van der Waals surface area contributed by atoms with Crippen molar-refractivity contribution in [3.63, 3.8) is 0 Å². The van der Waals surface area contributed by atoms with E-state index in [9.17, 15) is 14.4 Å². The van der Waals surface area contributed by atoms with Crippen molar-refractivity contribution in [3.8, 4) is 36.0 Å². The summed E-state index contributed by atoms with van der Waals surface area (Å²) >= 11 is 6.48. The van der Waals surface area contributed by atoms with Crippen molar-refractivity contribution in [2.24, 2.45) is 0 Å². The van der Waals surface area contributed by atoms with Crippen LogP contribution in [0.5, 0.6) is 0 Å². The molecule has 5 aromatic rings. The Labute approximate surface area is 343 Å². The molecule has 0 aliphatic heterocycles. The van der Waals surface area contributed by atoms with E-state index in [1.54, 1.807) is 24.5 Å². The van der Waals surface area contributed by atoms with Crippen LogP contribution in [0.3, 0.4) is 0 Å². The predicted octanol–water partition coefficient (Wildman–Crippen LogP) is 7.79. The molecule has 0 aliphatic rings. The fourth-order valence-corrected chi connectivity index (χ4v) is 4.33. The first-order chi connectivity index (χ1) is 27.3. The van der Waals surface area contributed by atoms with Crippen molar-refractivity contribution in [2.45, 2.75) is 19.8 Å². The fourth-order valence-electron chi connectivity index (χ4n) is 3.86. The van der Waals surface area contributed by atoms with E-state index in [-0.39, 0.29) is 39.5 Å². The van der Waals surface area contributed by atoms with E-state index in [1.165, 1.54) is 0 Å². The second-order valence-corrected chi connectivity index (χ2v) is 12.5. The zero-order valence-corrected chi connectivity index (χ0v) is 33.2. The van der Waals surface area contributed by atoms with Crippen molar-refractivity contribution in [1.82, 2.24) is 25.9 Å². The number of terminal acetylenes is 1. The van der Waals surface area contributed by atoms with E-state index in [0.29, 0.717) is 11.3 Å². The first kappa shape index (κ1) is 43.8. The van der Waals surface area contributed by atoms with Crippen molar-refractivity contribution < 1.29 is 28.6 Å². The van der Waals surface area contributed by atoms with Gasteiger partial charge in [0.15, 0.2) is 0 Å². The number of carbonyl (C=O) groups excluding carboxylic acids is 3.